The van der Waals surface area contributed by atoms with E-state index in [4.69, 9.17) is 0 Å². The molecular weight excluding hydrogens is 310 g/mol. The number of fused-ring (bicyclic) bond motifs is 1. The second-order valence-electron chi connectivity index (χ2n) is 5.73. The minimum atomic E-state index is -3.17. The maximum atomic E-state index is 11.6. The largest absolute Gasteiger partial charge is 0.379 e. The van der Waals surface area contributed by atoms with Gasteiger partial charge < -0.3 is 9.72 Å². The molecule has 0 atom stereocenters. The molecule has 0 bridgehead atoms. The standard InChI is InChI=1S/C17H19N3O2S/c1-12-9-15(23(3,21)22)7-8-16(12)18-10-14-11-20-13(2)5-4-6-17(20)19-14/h4-9,11,18H,10H2,1-3H3. The van der Waals surface area contributed by atoms with Gasteiger partial charge in [0.15, 0.2) is 9.84 Å². The van der Waals surface area contributed by atoms with Crippen LogP contribution in [-0.2, 0) is 16.4 Å². The van der Waals surface area contributed by atoms with Crippen molar-refractivity contribution in [1.29, 1.82) is 0 Å². The van der Waals surface area contributed by atoms with E-state index < -0.39 is 9.84 Å². The van der Waals surface area contributed by atoms with Crippen LogP contribution in [-0.4, -0.2) is 24.1 Å². The highest BCUT2D eigenvalue weighted by Gasteiger charge is 2.09. The monoisotopic (exact) mass is 329 g/mol. The van der Waals surface area contributed by atoms with Crippen molar-refractivity contribution in [2.24, 2.45) is 0 Å². The lowest BCUT2D eigenvalue weighted by molar-refractivity contribution is 0.602. The van der Waals surface area contributed by atoms with Gasteiger partial charge in [-0.1, -0.05) is 6.07 Å². The molecule has 3 aromatic rings. The van der Waals surface area contributed by atoms with Gasteiger partial charge in [-0.15, -0.1) is 0 Å². The number of benzene rings is 1. The van der Waals surface area contributed by atoms with Crippen molar-refractivity contribution in [2.45, 2.75) is 25.3 Å². The molecule has 120 valence electrons. The first-order valence-electron chi connectivity index (χ1n) is 7.33. The summed E-state index contributed by atoms with van der Waals surface area (Å²) >= 11 is 0. The zero-order valence-corrected chi connectivity index (χ0v) is 14.2. The molecule has 1 aromatic carbocycles. The summed E-state index contributed by atoms with van der Waals surface area (Å²) in [4.78, 5) is 4.92. The number of nitrogens with zero attached hydrogens (tertiary/aromatic N) is 2. The maximum absolute atomic E-state index is 11.6. The van der Waals surface area contributed by atoms with Gasteiger partial charge in [-0.05, 0) is 49.7 Å². The third-order valence-corrected chi connectivity index (χ3v) is 4.94. The Hall–Kier alpha value is -2.34. The SMILES string of the molecule is Cc1cc(S(C)(=O)=O)ccc1NCc1cn2c(C)cccc2n1. The van der Waals surface area contributed by atoms with Gasteiger partial charge >= 0.3 is 0 Å². The average Bonchev–Trinajstić information content (AvgIpc) is 2.89. The number of aryl methyl sites for hydroxylation is 2. The molecule has 0 unspecified atom stereocenters. The first kappa shape index (κ1) is 15.6. The zero-order valence-electron chi connectivity index (χ0n) is 13.4. The lowest BCUT2D eigenvalue weighted by atomic mass is 10.2. The van der Waals surface area contributed by atoms with Crippen molar-refractivity contribution in [1.82, 2.24) is 9.38 Å². The topological polar surface area (TPSA) is 63.5 Å². The number of rotatable bonds is 4. The van der Waals surface area contributed by atoms with Gasteiger partial charge in [-0.3, -0.25) is 0 Å². The number of hydrogen-bond acceptors (Lipinski definition) is 4. The molecule has 5 nitrogen and oxygen atoms in total. The number of aromatic nitrogens is 2. The predicted octanol–water partition coefficient (Wildman–Crippen LogP) is 2.97. The molecule has 0 aliphatic rings. The molecule has 2 aromatic heterocycles. The minimum absolute atomic E-state index is 0.337. The Morgan fingerprint density at radius 3 is 2.61 bits per heavy atom. The summed E-state index contributed by atoms with van der Waals surface area (Å²) < 4.78 is 25.2. The highest BCUT2D eigenvalue weighted by atomic mass is 32.2. The Balaban J connectivity index is 1.81. The van der Waals surface area contributed by atoms with Crippen molar-refractivity contribution in [3.63, 3.8) is 0 Å². The van der Waals surface area contributed by atoms with E-state index in [0.29, 0.717) is 11.4 Å². The quantitative estimate of drug-likeness (QED) is 0.799. The number of nitrogens with one attached hydrogen (secondary N) is 1. The van der Waals surface area contributed by atoms with Crippen LogP contribution in [0.25, 0.3) is 5.65 Å². The Bertz CT molecular complexity index is 975. The fraction of sp³-hybridized carbons (Fsp3) is 0.235. The van der Waals surface area contributed by atoms with E-state index in [2.05, 4.69) is 14.7 Å². The van der Waals surface area contributed by atoms with Gasteiger partial charge in [0.2, 0.25) is 0 Å². The van der Waals surface area contributed by atoms with Gasteiger partial charge in [0.05, 0.1) is 17.1 Å². The van der Waals surface area contributed by atoms with Gasteiger partial charge in [-0.2, -0.15) is 0 Å². The third kappa shape index (κ3) is 3.22. The molecule has 1 N–H and O–H groups in total. The molecule has 0 aliphatic heterocycles. The molecule has 0 saturated carbocycles. The maximum Gasteiger partial charge on any atom is 0.175 e. The molecule has 0 spiro atoms. The summed E-state index contributed by atoms with van der Waals surface area (Å²) in [7, 11) is -3.17. The number of hydrogen-bond donors (Lipinski definition) is 1. The number of sulfone groups is 1. The van der Waals surface area contributed by atoms with Crippen LogP contribution in [0, 0.1) is 13.8 Å². The highest BCUT2D eigenvalue weighted by molar-refractivity contribution is 7.90. The van der Waals surface area contributed by atoms with E-state index in [1.165, 1.54) is 6.26 Å². The summed E-state index contributed by atoms with van der Waals surface area (Å²) in [5, 5.41) is 3.32. The van der Waals surface area contributed by atoms with Crippen molar-refractivity contribution >= 4 is 21.2 Å². The fourth-order valence-electron chi connectivity index (χ4n) is 2.53. The molecule has 0 saturated heterocycles. The second-order valence-corrected chi connectivity index (χ2v) is 7.75. The molecule has 2 heterocycles. The molecule has 0 aliphatic carbocycles. The van der Waals surface area contributed by atoms with Crippen LogP contribution in [0.2, 0.25) is 0 Å². The van der Waals surface area contributed by atoms with E-state index in [-0.39, 0.29) is 0 Å². The molecule has 23 heavy (non-hydrogen) atoms. The molecular formula is C17H19N3O2S. The average molecular weight is 329 g/mol. The fourth-order valence-corrected chi connectivity index (χ4v) is 3.24. The summed E-state index contributed by atoms with van der Waals surface area (Å²) in [6.07, 6.45) is 3.23. The van der Waals surface area contributed by atoms with E-state index in [1.54, 1.807) is 18.2 Å². The van der Waals surface area contributed by atoms with Crippen molar-refractivity contribution in [2.75, 3.05) is 11.6 Å². The van der Waals surface area contributed by atoms with Crippen LogP contribution in [0.4, 0.5) is 5.69 Å². The summed E-state index contributed by atoms with van der Waals surface area (Å²) in [6.45, 7) is 4.52. The van der Waals surface area contributed by atoms with E-state index >= 15 is 0 Å². The normalized spacial score (nSPS) is 11.8. The Morgan fingerprint density at radius 2 is 1.96 bits per heavy atom. The van der Waals surface area contributed by atoms with Crippen LogP contribution in [0.1, 0.15) is 17.0 Å². The van der Waals surface area contributed by atoms with Gasteiger partial charge in [0.1, 0.15) is 5.65 Å². The Labute approximate surface area is 135 Å². The second kappa shape index (κ2) is 5.70. The smallest absolute Gasteiger partial charge is 0.175 e. The lowest BCUT2D eigenvalue weighted by Crippen LogP contribution is -2.03. The summed E-state index contributed by atoms with van der Waals surface area (Å²) in [6, 6.07) is 11.1. The third-order valence-electron chi connectivity index (χ3n) is 3.83. The van der Waals surface area contributed by atoms with Gasteiger partial charge in [0, 0.05) is 23.8 Å². The number of pyridine rings is 1. The van der Waals surface area contributed by atoms with Crippen molar-refractivity contribution in [3.8, 4) is 0 Å². The van der Waals surface area contributed by atoms with Crippen LogP contribution in [0.3, 0.4) is 0 Å². The van der Waals surface area contributed by atoms with Crippen LogP contribution in [0.15, 0.2) is 47.5 Å². The molecule has 0 amide bonds. The highest BCUT2D eigenvalue weighted by Crippen LogP contribution is 2.20. The van der Waals surface area contributed by atoms with Gasteiger partial charge in [-0.25, -0.2) is 13.4 Å². The van der Waals surface area contributed by atoms with Crippen LogP contribution < -0.4 is 5.32 Å². The molecule has 6 heteroatoms. The first-order chi connectivity index (χ1) is 10.8. The molecule has 3 rings (SSSR count). The summed E-state index contributed by atoms with van der Waals surface area (Å²) in [5.41, 5.74) is 4.80. The van der Waals surface area contributed by atoms with Crippen molar-refractivity contribution in [3.05, 3.63) is 59.5 Å². The minimum Gasteiger partial charge on any atom is -0.379 e. The lowest BCUT2D eigenvalue weighted by Gasteiger charge is -2.09. The van der Waals surface area contributed by atoms with E-state index in [0.717, 1.165) is 28.3 Å². The van der Waals surface area contributed by atoms with Crippen LogP contribution in [0.5, 0.6) is 0 Å². The number of imidazole rings is 1. The van der Waals surface area contributed by atoms with Crippen LogP contribution >= 0.6 is 0 Å². The molecule has 0 fully saturated rings. The molecule has 0 radical (unpaired) electrons. The van der Waals surface area contributed by atoms with E-state index in [9.17, 15) is 8.42 Å². The van der Waals surface area contributed by atoms with E-state index in [1.807, 2.05) is 38.2 Å². The Kier molecular flexibility index (Phi) is 3.85. The van der Waals surface area contributed by atoms with Gasteiger partial charge in [0.25, 0.3) is 0 Å². The predicted molar refractivity (Wildman–Crippen MR) is 91.5 cm³/mol. The van der Waals surface area contributed by atoms with Crippen molar-refractivity contribution < 1.29 is 8.42 Å². The number of anilines is 1. The summed E-state index contributed by atoms with van der Waals surface area (Å²) in [5.74, 6) is 0. The zero-order chi connectivity index (χ0) is 16.6. The Morgan fingerprint density at radius 1 is 1.17 bits per heavy atom. The first-order valence-corrected chi connectivity index (χ1v) is 9.22.